The molecular formula is C25H32O10. The largest absolute Gasteiger partial charge is 0.504 e. The summed E-state index contributed by atoms with van der Waals surface area (Å²) < 4.78 is 21.9. The molecule has 10 heteroatoms. The Morgan fingerprint density at radius 1 is 0.943 bits per heavy atom. The molecule has 0 bridgehead atoms. The highest BCUT2D eigenvalue weighted by Crippen LogP contribution is 2.48. The molecule has 0 saturated carbocycles. The fourth-order valence-electron chi connectivity index (χ4n) is 5.07. The number of aromatic hydroxyl groups is 2. The normalized spacial score (nSPS) is 30.5. The minimum Gasteiger partial charge on any atom is -0.504 e. The van der Waals surface area contributed by atoms with Crippen LogP contribution in [0.1, 0.15) is 22.6 Å². The number of hydrogen-bond acceptors (Lipinski definition) is 10. The van der Waals surface area contributed by atoms with Crippen molar-refractivity contribution in [3.05, 3.63) is 47.0 Å². The van der Waals surface area contributed by atoms with Gasteiger partial charge in [0.25, 0.3) is 0 Å². The van der Waals surface area contributed by atoms with Gasteiger partial charge in [-0.25, -0.2) is 0 Å². The molecule has 2 aliphatic rings. The Morgan fingerprint density at radius 3 is 2.34 bits per heavy atom. The lowest BCUT2D eigenvalue weighted by molar-refractivity contribution is -0.274. The smallest absolute Gasteiger partial charge is 0.186 e. The number of phenolic OH excluding ortho intramolecular Hbond substituents is 2. The Labute approximate surface area is 202 Å². The van der Waals surface area contributed by atoms with E-state index in [-0.39, 0.29) is 48.9 Å². The molecule has 35 heavy (non-hydrogen) atoms. The van der Waals surface area contributed by atoms with Crippen LogP contribution in [0.2, 0.25) is 0 Å². The molecule has 1 heterocycles. The number of rotatable bonds is 7. The summed E-state index contributed by atoms with van der Waals surface area (Å²) in [6.07, 6.45) is -4.74. The summed E-state index contributed by atoms with van der Waals surface area (Å²) in [6, 6.07) is 8.34. The summed E-state index contributed by atoms with van der Waals surface area (Å²) in [6.45, 7) is -0.306. The van der Waals surface area contributed by atoms with E-state index in [0.29, 0.717) is 12.2 Å². The number of phenols is 2. The third-order valence-electron chi connectivity index (χ3n) is 7.00. The van der Waals surface area contributed by atoms with Crippen LogP contribution in [0.4, 0.5) is 0 Å². The molecule has 2 unspecified atom stereocenters. The van der Waals surface area contributed by atoms with Crippen LogP contribution in [-0.2, 0) is 15.9 Å². The van der Waals surface area contributed by atoms with Crippen LogP contribution in [0, 0.1) is 11.8 Å². The van der Waals surface area contributed by atoms with E-state index in [4.69, 9.17) is 18.9 Å². The predicted octanol–water partition coefficient (Wildman–Crippen LogP) is 0.483. The molecule has 10 nitrogen and oxygen atoms in total. The van der Waals surface area contributed by atoms with Gasteiger partial charge in [0, 0.05) is 12.5 Å². The molecular weight excluding hydrogens is 460 g/mol. The maximum Gasteiger partial charge on any atom is 0.186 e. The van der Waals surface area contributed by atoms with E-state index >= 15 is 0 Å². The average molecular weight is 493 g/mol. The van der Waals surface area contributed by atoms with E-state index in [2.05, 4.69) is 0 Å². The number of aliphatic hydroxyl groups is 4. The second-order valence-corrected chi connectivity index (χ2v) is 9.03. The maximum absolute atomic E-state index is 10.5. The zero-order valence-electron chi connectivity index (χ0n) is 19.6. The van der Waals surface area contributed by atoms with Crippen LogP contribution in [0.5, 0.6) is 23.0 Å². The highest BCUT2D eigenvalue weighted by Gasteiger charge is 2.42. The van der Waals surface area contributed by atoms with Crippen LogP contribution < -0.4 is 9.47 Å². The molecule has 2 aromatic rings. The summed E-state index contributed by atoms with van der Waals surface area (Å²) in [5, 5.41) is 60.9. The summed E-state index contributed by atoms with van der Waals surface area (Å²) in [7, 11) is 2.91. The second-order valence-electron chi connectivity index (χ2n) is 9.03. The Balaban J connectivity index is 1.73. The van der Waals surface area contributed by atoms with E-state index in [1.165, 1.54) is 20.3 Å². The van der Waals surface area contributed by atoms with Gasteiger partial charge in [-0.2, -0.15) is 0 Å². The highest BCUT2D eigenvalue weighted by molar-refractivity contribution is 5.53. The van der Waals surface area contributed by atoms with Crippen molar-refractivity contribution in [2.75, 3.05) is 34.0 Å². The number of ether oxygens (including phenoxy) is 4. The minimum absolute atomic E-state index is 0.0253. The average Bonchev–Trinajstić information content (AvgIpc) is 2.86. The number of fused-ring (bicyclic) bond motifs is 1. The zero-order chi connectivity index (χ0) is 25.3. The van der Waals surface area contributed by atoms with Crippen molar-refractivity contribution in [2.24, 2.45) is 11.8 Å². The van der Waals surface area contributed by atoms with Crippen molar-refractivity contribution < 1.29 is 49.6 Å². The Bertz CT molecular complexity index is 1030. The first-order chi connectivity index (χ1) is 16.8. The van der Waals surface area contributed by atoms with Crippen LogP contribution >= 0.6 is 0 Å². The van der Waals surface area contributed by atoms with Gasteiger partial charge in [-0.05, 0) is 59.2 Å². The molecule has 192 valence electrons. The van der Waals surface area contributed by atoms with Gasteiger partial charge in [0.1, 0.15) is 18.3 Å². The van der Waals surface area contributed by atoms with Gasteiger partial charge in [0.05, 0.1) is 27.4 Å². The standard InChI is InChI=1S/C25H32O10/c1-32-20-6-12(3-4-17(20)27)22-15-8-18(28)21(33-2)7-13(15)5-14(9-26)16(22)10-34-25-24(31)23(30)19(29)11-35-25/h3-4,6-8,14,16,19,22-31H,5,9-11H2,1-2H3/t14?,16-,19-,22?,23+,24-,25-/m1/s1. The first-order valence-corrected chi connectivity index (χ1v) is 11.4. The van der Waals surface area contributed by atoms with Gasteiger partial charge in [0.2, 0.25) is 0 Å². The SMILES string of the molecule is COc1cc(C2c3cc(O)c(OC)cc3CC(CO)[C@H]2CO[C@@H]2OC[C@@H](O)[C@H](O)[C@H]2O)ccc1O. The van der Waals surface area contributed by atoms with Gasteiger partial charge < -0.3 is 49.6 Å². The first-order valence-electron chi connectivity index (χ1n) is 11.4. The number of benzene rings is 2. The van der Waals surface area contributed by atoms with Crippen molar-refractivity contribution in [1.29, 1.82) is 0 Å². The van der Waals surface area contributed by atoms with Crippen LogP contribution in [0.25, 0.3) is 0 Å². The van der Waals surface area contributed by atoms with Gasteiger partial charge >= 0.3 is 0 Å². The molecule has 0 amide bonds. The molecule has 1 fully saturated rings. The molecule has 1 saturated heterocycles. The summed E-state index contributed by atoms with van der Waals surface area (Å²) in [5.41, 5.74) is 2.45. The van der Waals surface area contributed by atoms with Crippen molar-refractivity contribution in [3.8, 4) is 23.0 Å². The van der Waals surface area contributed by atoms with Crippen molar-refractivity contribution >= 4 is 0 Å². The second kappa shape index (κ2) is 10.6. The van der Waals surface area contributed by atoms with Gasteiger partial charge in [-0.15, -0.1) is 0 Å². The van der Waals surface area contributed by atoms with Crippen LogP contribution in [-0.4, -0.2) is 89.3 Å². The summed E-state index contributed by atoms with van der Waals surface area (Å²) in [5.74, 6) is -0.459. The zero-order valence-corrected chi connectivity index (χ0v) is 19.6. The monoisotopic (exact) mass is 492 g/mol. The topological polar surface area (TPSA) is 158 Å². The van der Waals surface area contributed by atoms with Gasteiger partial charge in [-0.3, -0.25) is 0 Å². The lowest BCUT2D eigenvalue weighted by Gasteiger charge is -2.41. The van der Waals surface area contributed by atoms with Crippen molar-refractivity contribution in [1.82, 2.24) is 0 Å². The maximum atomic E-state index is 10.5. The first kappa shape index (κ1) is 25.5. The van der Waals surface area contributed by atoms with Crippen LogP contribution in [0.3, 0.4) is 0 Å². The molecule has 1 aliphatic carbocycles. The third kappa shape index (κ3) is 4.90. The Morgan fingerprint density at radius 2 is 1.66 bits per heavy atom. The molecule has 0 spiro atoms. The Kier molecular flexibility index (Phi) is 7.70. The summed E-state index contributed by atoms with van der Waals surface area (Å²) in [4.78, 5) is 0. The fraction of sp³-hybridized carbons (Fsp3) is 0.520. The van der Waals surface area contributed by atoms with E-state index in [1.54, 1.807) is 24.3 Å². The fourth-order valence-corrected chi connectivity index (χ4v) is 5.07. The lowest BCUT2D eigenvalue weighted by atomic mass is 9.67. The van der Waals surface area contributed by atoms with E-state index in [0.717, 1.165) is 16.7 Å². The minimum atomic E-state index is -1.44. The third-order valence-corrected chi connectivity index (χ3v) is 7.00. The summed E-state index contributed by atoms with van der Waals surface area (Å²) >= 11 is 0. The number of hydrogen-bond donors (Lipinski definition) is 6. The molecule has 0 aromatic heterocycles. The van der Waals surface area contributed by atoms with Crippen molar-refractivity contribution in [2.45, 2.75) is 36.9 Å². The number of methoxy groups -OCH3 is 2. The van der Waals surface area contributed by atoms with Gasteiger partial charge in [0.15, 0.2) is 29.3 Å². The number of aliphatic hydroxyl groups excluding tert-OH is 4. The molecule has 4 rings (SSSR count). The molecule has 1 aliphatic heterocycles. The van der Waals surface area contributed by atoms with Crippen LogP contribution in [0.15, 0.2) is 30.3 Å². The predicted molar refractivity (Wildman–Crippen MR) is 123 cm³/mol. The quantitative estimate of drug-likeness (QED) is 0.321. The molecule has 7 atom stereocenters. The van der Waals surface area contributed by atoms with Crippen molar-refractivity contribution in [3.63, 3.8) is 0 Å². The Hall–Kier alpha value is -2.60. The van der Waals surface area contributed by atoms with E-state index in [1.807, 2.05) is 0 Å². The lowest BCUT2D eigenvalue weighted by Crippen LogP contribution is -2.54. The molecule has 6 N–H and O–H groups in total. The van der Waals surface area contributed by atoms with Gasteiger partial charge in [-0.1, -0.05) is 6.07 Å². The highest BCUT2D eigenvalue weighted by atomic mass is 16.7. The molecule has 0 radical (unpaired) electrons. The van der Waals surface area contributed by atoms with E-state index in [9.17, 15) is 30.6 Å². The molecule has 2 aromatic carbocycles. The van der Waals surface area contributed by atoms with E-state index < -0.39 is 30.5 Å².